The molecule has 5 rings (SSSR count). The molecule has 0 saturated heterocycles. The Kier molecular flexibility index (Phi) is 2.42. The van der Waals surface area contributed by atoms with E-state index in [1.807, 2.05) is 0 Å². The van der Waals surface area contributed by atoms with Gasteiger partial charge < -0.3 is 0 Å². The second-order valence-electron chi connectivity index (χ2n) is 6.15. The van der Waals surface area contributed by atoms with Crippen LogP contribution in [0.2, 0.25) is 0 Å². The minimum atomic E-state index is 0.458. The van der Waals surface area contributed by atoms with Crippen molar-refractivity contribution in [3.05, 3.63) is 90.0 Å². The molecule has 0 nitrogen and oxygen atoms in total. The lowest BCUT2D eigenvalue weighted by molar-refractivity contribution is 0.698. The molecule has 0 N–H and O–H groups in total. The maximum Gasteiger partial charge on any atom is 0.0131 e. The monoisotopic (exact) mass is 280 g/mol. The first-order valence-corrected chi connectivity index (χ1v) is 7.90. The fourth-order valence-electron chi connectivity index (χ4n) is 4.04. The van der Waals surface area contributed by atoms with Gasteiger partial charge in [0.15, 0.2) is 0 Å². The molecule has 0 heterocycles. The lowest BCUT2D eigenvalue weighted by atomic mass is 9.74. The second-order valence-corrected chi connectivity index (χ2v) is 6.15. The van der Waals surface area contributed by atoms with Gasteiger partial charge in [0.05, 0.1) is 0 Å². The molecular weight excluding hydrogens is 264 g/mol. The van der Waals surface area contributed by atoms with Crippen molar-refractivity contribution in [1.29, 1.82) is 0 Å². The molecular formula is C22H16. The Bertz CT molecular complexity index is 986. The van der Waals surface area contributed by atoms with Crippen LogP contribution in [0.3, 0.4) is 0 Å². The summed E-state index contributed by atoms with van der Waals surface area (Å²) in [5.74, 6) is 0.946. The lowest BCUT2D eigenvalue weighted by Gasteiger charge is -2.30. The van der Waals surface area contributed by atoms with Crippen LogP contribution in [0.1, 0.15) is 17.0 Å². The summed E-state index contributed by atoms with van der Waals surface area (Å²) in [5.41, 5.74) is 2.89. The van der Waals surface area contributed by atoms with Crippen LogP contribution in [-0.2, 0) is 0 Å². The van der Waals surface area contributed by atoms with Crippen molar-refractivity contribution in [3.8, 4) is 0 Å². The average Bonchev–Trinajstić information content (AvgIpc) is 2.61. The molecule has 3 aromatic rings. The van der Waals surface area contributed by atoms with Gasteiger partial charge in [-0.2, -0.15) is 0 Å². The SMILES string of the molecule is C1=CC2C=Cc3c(c4ccccc4c4ccccc34)C2C=C1. The molecule has 0 saturated carbocycles. The standard InChI is InChI=1S/C22H16/c1-2-8-16-15(7-1)13-14-21-19-11-4-3-9-17(19)18-10-5-6-12-20(18)22(16)21/h1-16H. The van der Waals surface area contributed by atoms with Crippen molar-refractivity contribution in [3.63, 3.8) is 0 Å². The van der Waals surface area contributed by atoms with Gasteiger partial charge in [0, 0.05) is 11.8 Å². The first-order valence-electron chi connectivity index (χ1n) is 7.90. The third-order valence-corrected chi connectivity index (χ3v) is 5.01. The fourth-order valence-corrected chi connectivity index (χ4v) is 4.04. The third kappa shape index (κ3) is 1.52. The van der Waals surface area contributed by atoms with Gasteiger partial charge in [-0.1, -0.05) is 85.0 Å². The van der Waals surface area contributed by atoms with E-state index in [0.29, 0.717) is 11.8 Å². The third-order valence-electron chi connectivity index (χ3n) is 5.01. The van der Waals surface area contributed by atoms with Crippen molar-refractivity contribution < 1.29 is 0 Å². The first-order chi connectivity index (χ1) is 10.9. The summed E-state index contributed by atoms with van der Waals surface area (Å²) in [5, 5.41) is 5.49. The Balaban J connectivity index is 2.00. The topological polar surface area (TPSA) is 0 Å². The number of allylic oxidation sites excluding steroid dienone is 5. The highest BCUT2D eigenvalue weighted by Crippen LogP contribution is 2.45. The predicted octanol–water partition coefficient (Wildman–Crippen LogP) is 5.85. The van der Waals surface area contributed by atoms with E-state index in [1.165, 1.54) is 32.7 Å². The van der Waals surface area contributed by atoms with Crippen molar-refractivity contribution in [2.45, 2.75) is 5.92 Å². The average molecular weight is 280 g/mol. The van der Waals surface area contributed by atoms with Gasteiger partial charge in [0.2, 0.25) is 0 Å². The summed E-state index contributed by atoms with van der Waals surface area (Å²) >= 11 is 0. The van der Waals surface area contributed by atoms with Crippen molar-refractivity contribution >= 4 is 27.6 Å². The maximum atomic E-state index is 2.36. The molecule has 0 heteroatoms. The number of hydrogen-bond donors (Lipinski definition) is 0. The molecule has 2 unspecified atom stereocenters. The van der Waals surface area contributed by atoms with Crippen LogP contribution < -0.4 is 0 Å². The molecule has 0 bridgehead atoms. The molecule has 0 aromatic heterocycles. The van der Waals surface area contributed by atoms with Crippen LogP contribution in [0.15, 0.2) is 78.9 Å². The van der Waals surface area contributed by atoms with E-state index in [4.69, 9.17) is 0 Å². The van der Waals surface area contributed by atoms with Gasteiger partial charge in [-0.3, -0.25) is 0 Å². The van der Waals surface area contributed by atoms with Crippen molar-refractivity contribution in [2.24, 2.45) is 5.92 Å². The Morgan fingerprint density at radius 3 is 2.05 bits per heavy atom. The van der Waals surface area contributed by atoms with Crippen LogP contribution in [0.25, 0.3) is 27.6 Å². The van der Waals surface area contributed by atoms with Gasteiger partial charge in [0.25, 0.3) is 0 Å². The van der Waals surface area contributed by atoms with Crippen LogP contribution in [0.5, 0.6) is 0 Å². The Morgan fingerprint density at radius 2 is 1.23 bits per heavy atom. The van der Waals surface area contributed by atoms with Gasteiger partial charge in [-0.15, -0.1) is 0 Å². The van der Waals surface area contributed by atoms with E-state index in [0.717, 1.165) is 0 Å². The number of rotatable bonds is 0. The Hall–Kier alpha value is -2.60. The van der Waals surface area contributed by atoms with Crippen LogP contribution >= 0.6 is 0 Å². The summed E-state index contributed by atoms with van der Waals surface area (Å²) in [7, 11) is 0. The molecule has 2 aliphatic carbocycles. The van der Waals surface area contributed by atoms with Gasteiger partial charge in [0.1, 0.15) is 0 Å². The molecule has 3 aromatic carbocycles. The zero-order valence-corrected chi connectivity index (χ0v) is 12.2. The molecule has 0 fully saturated rings. The quantitative estimate of drug-likeness (QED) is 0.453. The Labute approximate surface area is 130 Å². The smallest absolute Gasteiger partial charge is 0.0131 e. The summed E-state index contributed by atoms with van der Waals surface area (Å²) in [6.45, 7) is 0. The minimum Gasteiger partial charge on any atom is -0.0767 e. The van der Waals surface area contributed by atoms with Crippen molar-refractivity contribution in [1.82, 2.24) is 0 Å². The molecule has 22 heavy (non-hydrogen) atoms. The number of benzene rings is 3. The molecule has 0 radical (unpaired) electrons. The maximum absolute atomic E-state index is 2.36. The van der Waals surface area contributed by atoms with E-state index in [1.54, 1.807) is 0 Å². The van der Waals surface area contributed by atoms with E-state index in [9.17, 15) is 0 Å². The Morgan fingerprint density at radius 1 is 0.591 bits per heavy atom. The minimum absolute atomic E-state index is 0.458. The summed E-state index contributed by atoms with van der Waals surface area (Å²) in [6, 6.07) is 17.6. The summed E-state index contributed by atoms with van der Waals surface area (Å²) in [6.07, 6.45) is 13.7. The highest BCUT2D eigenvalue weighted by atomic mass is 14.3. The molecule has 0 spiro atoms. The lowest BCUT2D eigenvalue weighted by Crippen LogP contribution is -2.14. The number of fused-ring (bicyclic) bond motifs is 8. The zero-order valence-electron chi connectivity index (χ0n) is 12.2. The second kappa shape index (κ2) is 4.45. The van der Waals surface area contributed by atoms with E-state index in [-0.39, 0.29) is 0 Å². The zero-order chi connectivity index (χ0) is 14.5. The largest absolute Gasteiger partial charge is 0.0767 e. The van der Waals surface area contributed by atoms with Gasteiger partial charge in [-0.25, -0.2) is 0 Å². The normalized spacial score (nSPS) is 22.0. The number of hydrogen-bond acceptors (Lipinski definition) is 0. The summed E-state index contributed by atoms with van der Waals surface area (Å²) in [4.78, 5) is 0. The van der Waals surface area contributed by atoms with Crippen molar-refractivity contribution in [2.75, 3.05) is 0 Å². The molecule has 104 valence electrons. The van der Waals surface area contributed by atoms with Crippen LogP contribution in [0.4, 0.5) is 0 Å². The van der Waals surface area contributed by atoms with Gasteiger partial charge in [-0.05, 0) is 32.7 Å². The van der Waals surface area contributed by atoms with E-state index in [2.05, 4.69) is 85.0 Å². The summed E-state index contributed by atoms with van der Waals surface area (Å²) < 4.78 is 0. The molecule has 2 aliphatic rings. The van der Waals surface area contributed by atoms with Crippen LogP contribution in [-0.4, -0.2) is 0 Å². The van der Waals surface area contributed by atoms with Gasteiger partial charge >= 0.3 is 0 Å². The van der Waals surface area contributed by atoms with E-state index >= 15 is 0 Å². The molecule has 0 aliphatic heterocycles. The van der Waals surface area contributed by atoms with E-state index < -0.39 is 0 Å². The predicted molar refractivity (Wildman–Crippen MR) is 95.0 cm³/mol. The molecule has 2 atom stereocenters. The highest BCUT2D eigenvalue weighted by Gasteiger charge is 2.27. The highest BCUT2D eigenvalue weighted by molar-refractivity contribution is 6.13. The fraction of sp³-hybridized carbons (Fsp3) is 0.0909. The van der Waals surface area contributed by atoms with Crippen LogP contribution in [0, 0.1) is 5.92 Å². The first kappa shape index (κ1) is 12.0. The molecule has 0 amide bonds.